The summed E-state index contributed by atoms with van der Waals surface area (Å²) >= 11 is 10.6. The van der Waals surface area contributed by atoms with Gasteiger partial charge >= 0.3 is 0 Å². The van der Waals surface area contributed by atoms with Gasteiger partial charge in [0.2, 0.25) is 0 Å². The highest BCUT2D eigenvalue weighted by atomic mass is 79.9. The molecule has 2 rings (SSSR count). The molecule has 0 saturated carbocycles. The molecule has 0 spiro atoms. The molecule has 0 fully saturated rings. The standard InChI is InChI=1S/C14H14BrClFNOS/c1-2-11(18)14(13-4-3-5-20-13)19-12-7-10(17)9(16)6-8(12)15/h3-7,11,14H,2,18H2,1H3. The quantitative estimate of drug-likeness (QED) is 0.729. The minimum absolute atomic E-state index is 0.0525. The van der Waals surface area contributed by atoms with Gasteiger partial charge in [0.25, 0.3) is 0 Å². The van der Waals surface area contributed by atoms with Crippen molar-refractivity contribution >= 4 is 38.9 Å². The van der Waals surface area contributed by atoms with Gasteiger partial charge in [-0.05, 0) is 39.9 Å². The highest BCUT2D eigenvalue weighted by molar-refractivity contribution is 9.10. The van der Waals surface area contributed by atoms with Crippen LogP contribution < -0.4 is 10.5 Å². The molecule has 2 unspecified atom stereocenters. The summed E-state index contributed by atoms with van der Waals surface area (Å²) in [5.41, 5.74) is 6.12. The fourth-order valence-electron chi connectivity index (χ4n) is 1.76. The zero-order valence-electron chi connectivity index (χ0n) is 10.8. The summed E-state index contributed by atoms with van der Waals surface area (Å²) in [6.07, 6.45) is 0.452. The van der Waals surface area contributed by atoms with Crippen LogP contribution in [0.4, 0.5) is 4.39 Å². The summed E-state index contributed by atoms with van der Waals surface area (Å²) in [6.45, 7) is 1.99. The van der Waals surface area contributed by atoms with Crippen LogP contribution in [0.25, 0.3) is 0 Å². The number of thiophene rings is 1. The molecular weight excluding hydrogens is 365 g/mol. The third-order valence-electron chi connectivity index (χ3n) is 2.91. The smallest absolute Gasteiger partial charge is 0.148 e. The molecule has 0 radical (unpaired) electrons. The monoisotopic (exact) mass is 377 g/mol. The van der Waals surface area contributed by atoms with Gasteiger partial charge in [-0.3, -0.25) is 0 Å². The van der Waals surface area contributed by atoms with E-state index in [2.05, 4.69) is 15.9 Å². The van der Waals surface area contributed by atoms with E-state index in [4.69, 9.17) is 22.1 Å². The van der Waals surface area contributed by atoms with Gasteiger partial charge in [-0.1, -0.05) is 24.6 Å². The number of benzene rings is 1. The molecule has 2 aromatic rings. The molecule has 20 heavy (non-hydrogen) atoms. The first-order chi connectivity index (χ1) is 9.52. The van der Waals surface area contributed by atoms with E-state index in [9.17, 15) is 4.39 Å². The van der Waals surface area contributed by atoms with E-state index >= 15 is 0 Å². The summed E-state index contributed by atoms with van der Waals surface area (Å²) in [7, 11) is 0. The van der Waals surface area contributed by atoms with Gasteiger partial charge in [0, 0.05) is 17.0 Å². The van der Waals surface area contributed by atoms with Crippen LogP contribution in [0, 0.1) is 5.82 Å². The van der Waals surface area contributed by atoms with Crippen molar-refractivity contribution in [2.75, 3.05) is 0 Å². The molecule has 1 aromatic carbocycles. The van der Waals surface area contributed by atoms with E-state index in [1.807, 2.05) is 24.4 Å². The van der Waals surface area contributed by atoms with Crippen molar-refractivity contribution in [2.45, 2.75) is 25.5 Å². The molecule has 0 aliphatic carbocycles. The first-order valence-corrected chi connectivity index (χ1v) is 8.18. The van der Waals surface area contributed by atoms with Crippen LogP contribution in [0.1, 0.15) is 24.3 Å². The lowest BCUT2D eigenvalue weighted by atomic mass is 10.1. The van der Waals surface area contributed by atoms with Crippen molar-refractivity contribution < 1.29 is 9.13 Å². The maximum absolute atomic E-state index is 13.6. The van der Waals surface area contributed by atoms with Gasteiger partial charge in [0.1, 0.15) is 17.7 Å². The second-order valence-corrected chi connectivity index (χ2v) is 6.56. The first-order valence-electron chi connectivity index (χ1n) is 6.13. The average molecular weight is 379 g/mol. The minimum Gasteiger partial charge on any atom is -0.482 e. The van der Waals surface area contributed by atoms with Crippen LogP contribution >= 0.6 is 38.9 Å². The summed E-state index contributed by atoms with van der Waals surface area (Å²) in [5, 5.41) is 2.02. The fraction of sp³-hybridized carbons (Fsp3) is 0.286. The molecule has 0 saturated heterocycles. The Morgan fingerprint density at radius 1 is 1.50 bits per heavy atom. The Morgan fingerprint density at radius 3 is 2.85 bits per heavy atom. The van der Waals surface area contributed by atoms with Gasteiger partial charge in [-0.15, -0.1) is 11.3 Å². The van der Waals surface area contributed by atoms with E-state index in [-0.39, 0.29) is 17.2 Å². The summed E-state index contributed by atoms with van der Waals surface area (Å²) in [6, 6.07) is 6.49. The molecule has 0 aliphatic rings. The van der Waals surface area contributed by atoms with Crippen molar-refractivity contribution in [1.29, 1.82) is 0 Å². The van der Waals surface area contributed by atoms with Gasteiger partial charge in [-0.25, -0.2) is 4.39 Å². The number of ether oxygens (including phenoxy) is 1. The fourth-order valence-corrected chi connectivity index (χ4v) is 3.32. The Bertz CT molecular complexity index is 579. The first kappa shape index (κ1) is 15.8. The second kappa shape index (κ2) is 6.89. The Kier molecular flexibility index (Phi) is 5.43. The van der Waals surface area contributed by atoms with Crippen LogP contribution in [0.15, 0.2) is 34.1 Å². The lowest BCUT2D eigenvalue weighted by Crippen LogP contribution is -2.31. The molecule has 2 atom stereocenters. The molecule has 0 bridgehead atoms. The molecular formula is C14H14BrClFNOS. The van der Waals surface area contributed by atoms with E-state index < -0.39 is 5.82 Å². The van der Waals surface area contributed by atoms with Crippen LogP contribution in [-0.2, 0) is 0 Å². The average Bonchev–Trinajstić information content (AvgIpc) is 2.94. The SMILES string of the molecule is CCC(N)C(Oc1cc(F)c(Cl)cc1Br)c1cccs1. The summed E-state index contributed by atoms with van der Waals surface area (Å²) in [4.78, 5) is 1.02. The van der Waals surface area contributed by atoms with Crippen LogP contribution in [0.3, 0.4) is 0 Å². The molecule has 2 N–H and O–H groups in total. The van der Waals surface area contributed by atoms with E-state index in [1.54, 1.807) is 11.3 Å². The third-order valence-corrected chi connectivity index (χ3v) is 4.76. The number of halogens is 3. The van der Waals surface area contributed by atoms with Gasteiger partial charge < -0.3 is 10.5 Å². The molecule has 1 heterocycles. The number of hydrogen-bond donors (Lipinski definition) is 1. The maximum atomic E-state index is 13.6. The van der Waals surface area contributed by atoms with Gasteiger partial charge in [0.15, 0.2) is 0 Å². The Balaban J connectivity index is 2.31. The molecule has 0 aliphatic heterocycles. The largest absolute Gasteiger partial charge is 0.482 e. The topological polar surface area (TPSA) is 35.2 Å². The number of rotatable bonds is 5. The van der Waals surface area contributed by atoms with Crippen molar-refractivity contribution in [3.8, 4) is 5.75 Å². The number of hydrogen-bond acceptors (Lipinski definition) is 3. The van der Waals surface area contributed by atoms with Gasteiger partial charge in [-0.2, -0.15) is 0 Å². The third kappa shape index (κ3) is 3.52. The van der Waals surface area contributed by atoms with E-state index in [1.165, 1.54) is 12.1 Å². The predicted octanol–water partition coefficient (Wildman–Crippen LogP) is 5.16. The minimum atomic E-state index is -0.514. The van der Waals surface area contributed by atoms with Crippen molar-refractivity contribution in [1.82, 2.24) is 0 Å². The Labute approximate surface area is 134 Å². The van der Waals surface area contributed by atoms with Crippen molar-refractivity contribution in [3.63, 3.8) is 0 Å². The van der Waals surface area contributed by atoms with Crippen LogP contribution in [-0.4, -0.2) is 6.04 Å². The molecule has 1 aromatic heterocycles. The van der Waals surface area contributed by atoms with Crippen LogP contribution in [0.5, 0.6) is 5.75 Å². The summed E-state index contributed by atoms with van der Waals surface area (Å²) < 4.78 is 20.1. The normalized spacial score (nSPS) is 14.1. The van der Waals surface area contributed by atoms with E-state index in [0.29, 0.717) is 10.2 Å². The zero-order valence-corrected chi connectivity index (χ0v) is 13.9. The lowest BCUT2D eigenvalue weighted by molar-refractivity contribution is 0.173. The molecule has 0 amide bonds. The van der Waals surface area contributed by atoms with Crippen LogP contribution in [0.2, 0.25) is 5.02 Å². The molecule has 108 valence electrons. The van der Waals surface area contributed by atoms with Gasteiger partial charge in [0.05, 0.1) is 9.50 Å². The number of nitrogens with two attached hydrogens (primary N) is 1. The Morgan fingerprint density at radius 2 is 2.25 bits per heavy atom. The lowest BCUT2D eigenvalue weighted by Gasteiger charge is -2.24. The molecule has 6 heteroatoms. The maximum Gasteiger partial charge on any atom is 0.148 e. The van der Waals surface area contributed by atoms with Crippen molar-refractivity contribution in [2.24, 2.45) is 5.73 Å². The molecule has 2 nitrogen and oxygen atoms in total. The highest BCUT2D eigenvalue weighted by Crippen LogP contribution is 2.35. The van der Waals surface area contributed by atoms with Crippen molar-refractivity contribution in [3.05, 3.63) is 49.8 Å². The highest BCUT2D eigenvalue weighted by Gasteiger charge is 2.23. The zero-order chi connectivity index (χ0) is 14.7. The van der Waals surface area contributed by atoms with E-state index in [0.717, 1.165) is 11.3 Å². The second-order valence-electron chi connectivity index (χ2n) is 4.32. The Hall–Kier alpha value is -0.620. The summed E-state index contributed by atoms with van der Waals surface area (Å²) in [5.74, 6) is -0.117. The predicted molar refractivity (Wildman–Crippen MR) is 85.1 cm³/mol.